The average molecular weight is 267 g/mol. The van der Waals surface area contributed by atoms with Crippen LogP contribution in [-0.4, -0.2) is 16.9 Å². The zero-order valence-electron chi connectivity index (χ0n) is 11.6. The van der Waals surface area contributed by atoms with Crippen molar-refractivity contribution < 1.29 is 4.74 Å². The van der Waals surface area contributed by atoms with E-state index in [1.807, 2.05) is 25.2 Å². The first-order chi connectivity index (χ1) is 9.72. The molecule has 3 rings (SSSR count). The molecule has 0 aliphatic heterocycles. The lowest BCUT2D eigenvalue weighted by Crippen LogP contribution is -2.17. The fraction of sp³-hybridized carbons (Fsp3) is 0.188. The zero-order valence-corrected chi connectivity index (χ0v) is 11.6. The maximum Gasteiger partial charge on any atom is 0.161 e. The number of benzene rings is 2. The number of ether oxygens (including phenoxy) is 1. The monoisotopic (exact) mass is 267 g/mol. The summed E-state index contributed by atoms with van der Waals surface area (Å²) in [4.78, 5) is 0. The van der Waals surface area contributed by atoms with E-state index in [0.717, 1.165) is 16.6 Å². The van der Waals surface area contributed by atoms with Crippen LogP contribution in [0.15, 0.2) is 48.7 Å². The molecule has 102 valence electrons. The minimum absolute atomic E-state index is 0.274. The van der Waals surface area contributed by atoms with Gasteiger partial charge in [0.05, 0.1) is 19.3 Å². The summed E-state index contributed by atoms with van der Waals surface area (Å²) in [6.07, 6.45) is 1.69. The second-order valence-electron chi connectivity index (χ2n) is 4.77. The summed E-state index contributed by atoms with van der Waals surface area (Å²) in [6, 6.07) is 14.1. The molecular formula is C16H17N3O. The van der Waals surface area contributed by atoms with E-state index in [1.54, 1.807) is 18.0 Å². The van der Waals surface area contributed by atoms with Crippen LogP contribution < -0.4 is 10.5 Å². The van der Waals surface area contributed by atoms with Crippen LogP contribution in [0.25, 0.3) is 10.8 Å². The highest BCUT2D eigenvalue weighted by Crippen LogP contribution is 2.31. The zero-order chi connectivity index (χ0) is 14.1. The van der Waals surface area contributed by atoms with Gasteiger partial charge in [0.1, 0.15) is 5.69 Å². The van der Waals surface area contributed by atoms with Gasteiger partial charge in [0.15, 0.2) is 5.75 Å². The summed E-state index contributed by atoms with van der Waals surface area (Å²) in [5.74, 6) is 0.716. The minimum Gasteiger partial charge on any atom is -0.493 e. The van der Waals surface area contributed by atoms with Gasteiger partial charge < -0.3 is 10.5 Å². The molecule has 2 aromatic carbocycles. The summed E-state index contributed by atoms with van der Waals surface area (Å²) < 4.78 is 7.13. The van der Waals surface area contributed by atoms with Crippen LogP contribution in [-0.2, 0) is 7.05 Å². The van der Waals surface area contributed by atoms with Crippen molar-refractivity contribution >= 4 is 10.8 Å². The molecule has 4 heteroatoms. The molecule has 3 aromatic rings. The number of nitrogens with two attached hydrogens (primary N) is 1. The molecule has 1 atom stereocenters. The van der Waals surface area contributed by atoms with Gasteiger partial charge in [-0.15, -0.1) is 0 Å². The standard InChI is InChI=1S/C16H17N3O/c1-19-16(14(20-2)10-18-19)15(17)13-9-5-7-11-6-3-4-8-12(11)13/h3-10,15H,17H2,1-2H3. The largest absolute Gasteiger partial charge is 0.493 e. The summed E-state index contributed by atoms with van der Waals surface area (Å²) in [5.41, 5.74) is 8.42. The highest BCUT2D eigenvalue weighted by molar-refractivity contribution is 5.86. The molecule has 0 amide bonds. The maximum atomic E-state index is 6.46. The number of aryl methyl sites for hydroxylation is 1. The van der Waals surface area contributed by atoms with Crippen molar-refractivity contribution in [2.75, 3.05) is 7.11 Å². The first-order valence-corrected chi connectivity index (χ1v) is 6.51. The van der Waals surface area contributed by atoms with E-state index in [0.29, 0.717) is 5.75 Å². The lowest BCUT2D eigenvalue weighted by molar-refractivity contribution is 0.406. The van der Waals surface area contributed by atoms with Crippen molar-refractivity contribution in [2.24, 2.45) is 12.8 Å². The Morgan fingerprint density at radius 3 is 2.70 bits per heavy atom. The van der Waals surface area contributed by atoms with Gasteiger partial charge in [-0.05, 0) is 16.3 Å². The fourth-order valence-electron chi connectivity index (χ4n) is 2.61. The Morgan fingerprint density at radius 1 is 1.15 bits per heavy atom. The fourth-order valence-corrected chi connectivity index (χ4v) is 2.61. The van der Waals surface area contributed by atoms with Crippen molar-refractivity contribution in [2.45, 2.75) is 6.04 Å². The van der Waals surface area contributed by atoms with Gasteiger partial charge in [0.2, 0.25) is 0 Å². The first kappa shape index (κ1) is 12.7. The first-order valence-electron chi connectivity index (χ1n) is 6.51. The summed E-state index contributed by atoms with van der Waals surface area (Å²) in [5, 5.41) is 6.57. The number of hydrogen-bond acceptors (Lipinski definition) is 3. The third kappa shape index (κ3) is 1.94. The van der Waals surface area contributed by atoms with Gasteiger partial charge in [0, 0.05) is 7.05 Å². The molecule has 0 aliphatic rings. The Bertz CT molecular complexity index is 743. The lowest BCUT2D eigenvalue weighted by atomic mass is 9.97. The molecule has 0 fully saturated rings. The van der Waals surface area contributed by atoms with E-state index in [1.165, 1.54) is 5.39 Å². The molecule has 1 unspecified atom stereocenters. The van der Waals surface area contributed by atoms with Gasteiger partial charge in [-0.2, -0.15) is 5.10 Å². The van der Waals surface area contributed by atoms with Crippen LogP contribution in [0.2, 0.25) is 0 Å². The van der Waals surface area contributed by atoms with Crippen molar-refractivity contribution in [1.29, 1.82) is 0 Å². The molecule has 0 saturated carbocycles. The molecule has 1 heterocycles. The Balaban J connectivity index is 2.17. The SMILES string of the molecule is COc1cnn(C)c1C(N)c1cccc2ccccc12. The van der Waals surface area contributed by atoms with Crippen LogP contribution >= 0.6 is 0 Å². The van der Waals surface area contributed by atoms with Crippen molar-refractivity contribution in [3.8, 4) is 5.75 Å². The summed E-state index contributed by atoms with van der Waals surface area (Å²) >= 11 is 0. The molecule has 0 saturated heterocycles. The third-order valence-electron chi connectivity index (χ3n) is 3.62. The molecule has 0 aliphatic carbocycles. The number of nitrogens with zero attached hydrogens (tertiary/aromatic N) is 2. The Morgan fingerprint density at radius 2 is 1.90 bits per heavy atom. The smallest absolute Gasteiger partial charge is 0.161 e. The number of methoxy groups -OCH3 is 1. The van der Waals surface area contributed by atoms with Crippen LogP contribution in [0.1, 0.15) is 17.3 Å². The normalized spacial score (nSPS) is 12.6. The van der Waals surface area contributed by atoms with Crippen molar-refractivity contribution in [3.63, 3.8) is 0 Å². The van der Waals surface area contributed by atoms with E-state index in [-0.39, 0.29) is 6.04 Å². The maximum absolute atomic E-state index is 6.46. The Kier molecular flexibility index (Phi) is 3.16. The molecule has 0 radical (unpaired) electrons. The molecule has 1 aromatic heterocycles. The van der Waals surface area contributed by atoms with Gasteiger partial charge in [-0.25, -0.2) is 0 Å². The Labute approximate surface area is 117 Å². The second kappa shape index (κ2) is 4.98. The predicted molar refractivity (Wildman–Crippen MR) is 79.7 cm³/mol. The van der Waals surface area contributed by atoms with Gasteiger partial charge in [-0.1, -0.05) is 42.5 Å². The van der Waals surface area contributed by atoms with Crippen LogP contribution in [0, 0.1) is 0 Å². The quantitative estimate of drug-likeness (QED) is 0.793. The van der Waals surface area contributed by atoms with Gasteiger partial charge in [-0.3, -0.25) is 4.68 Å². The number of aromatic nitrogens is 2. The highest BCUT2D eigenvalue weighted by atomic mass is 16.5. The average Bonchev–Trinajstić information content (AvgIpc) is 2.87. The number of rotatable bonds is 3. The van der Waals surface area contributed by atoms with Crippen LogP contribution in [0.5, 0.6) is 5.75 Å². The van der Waals surface area contributed by atoms with Crippen LogP contribution in [0.3, 0.4) is 0 Å². The van der Waals surface area contributed by atoms with Gasteiger partial charge >= 0.3 is 0 Å². The molecule has 4 nitrogen and oxygen atoms in total. The number of fused-ring (bicyclic) bond motifs is 1. The molecule has 0 spiro atoms. The van der Waals surface area contributed by atoms with E-state index < -0.39 is 0 Å². The second-order valence-corrected chi connectivity index (χ2v) is 4.77. The molecule has 0 bridgehead atoms. The molecule has 2 N–H and O–H groups in total. The van der Waals surface area contributed by atoms with E-state index >= 15 is 0 Å². The summed E-state index contributed by atoms with van der Waals surface area (Å²) in [6.45, 7) is 0. The van der Waals surface area contributed by atoms with Crippen molar-refractivity contribution in [3.05, 3.63) is 59.9 Å². The third-order valence-corrected chi connectivity index (χ3v) is 3.62. The predicted octanol–water partition coefficient (Wildman–Crippen LogP) is 2.63. The van der Waals surface area contributed by atoms with Crippen LogP contribution in [0.4, 0.5) is 0 Å². The topological polar surface area (TPSA) is 53.1 Å². The molecular weight excluding hydrogens is 250 g/mol. The summed E-state index contributed by atoms with van der Waals surface area (Å²) in [7, 11) is 3.51. The highest BCUT2D eigenvalue weighted by Gasteiger charge is 2.20. The van der Waals surface area contributed by atoms with E-state index in [2.05, 4.69) is 29.4 Å². The van der Waals surface area contributed by atoms with Crippen molar-refractivity contribution in [1.82, 2.24) is 9.78 Å². The lowest BCUT2D eigenvalue weighted by Gasteiger charge is -2.16. The molecule has 20 heavy (non-hydrogen) atoms. The van der Waals surface area contributed by atoms with E-state index in [4.69, 9.17) is 10.5 Å². The van der Waals surface area contributed by atoms with E-state index in [9.17, 15) is 0 Å². The number of hydrogen-bond donors (Lipinski definition) is 1. The van der Waals surface area contributed by atoms with Gasteiger partial charge in [0.25, 0.3) is 0 Å². The minimum atomic E-state index is -0.274. The Hall–Kier alpha value is -2.33.